The molecule has 90 valence electrons. The number of nitriles is 1. The van der Waals surface area contributed by atoms with Gasteiger partial charge in [-0.25, -0.2) is 9.18 Å². The lowest BCUT2D eigenvalue weighted by molar-refractivity contribution is 0.251. The highest BCUT2D eigenvalue weighted by Gasteiger charge is 2.07. The summed E-state index contributed by atoms with van der Waals surface area (Å²) >= 11 is 0. The van der Waals surface area contributed by atoms with Gasteiger partial charge in [0.15, 0.2) is 0 Å². The van der Waals surface area contributed by atoms with E-state index in [0.29, 0.717) is 0 Å². The average Bonchev–Trinajstić information content (AvgIpc) is 2.29. The van der Waals surface area contributed by atoms with Gasteiger partial charge in [0, 0.05) is 6.54 Å². The molecular weight excluding hydrogens is 221 g/mol. The maximum Gasteiger partial charge on any atom is 0.319 e. The van der Waals surface area contributed by atoms with Crippen LogP contribution in [-0.2, 0) is 0 Å². The van der Waals surface area contributed by atoms with Crippen molar-refractivity contribution in [3.05, 3.63) is 29.6 Å². The third kappa shape index (κ3) is 4.11. The summed E-state index contributed by atoms with van der Waals surface area (Å²) in [7, 11) is 0. The van der Waals surface area contributed by atoms with Gasteiger partial charge in [-0.2, -0.15) is 5.26 Å². The number of amides is 2. The van der Waals surface area contributed by atoms with Crippen LogP contribution in [0, 0.1) is 30.0 Å². The summed E-state index contributed by atoms with van der Waals surface area (Å²) in [5, 5.41) is 13.4. The van der Waals surface area contributed by atoms with E-state index in [0.717, 1.165) is 5.56 Å². The third-order valence-electron chi connectivity index (χ3n) is 2.16. The van der Waals surface area contributed by atoms with Crippen LogP contribution in [0.1, 0.15) is 12.5 Å². The first-order valence-corrected chi connectivity index (χ1v) is 5.23. The van der Waals surface area contributed by atoms with Crippen molar-refractivity contribution in [1.82, 2.24) is 5.32 Å². The molecule has 5 heteroatoms. The molecule has 0 aromatic heterocycles. The quantitative estimate of drug-likeness (QED) is 0.845. The van der Waals surface area contributed by atoms with Crippen molar-refractivity contribution in [2.75, 3.05) is 11.9 Å². The van der Waals surface area contributed by atoms with E-state index in [1.807, 2.05) is 6.07 Å². The minimum Gasteiger partial charge on any atom is -0.337 e. The first kappa shape index (κ1) is 13.0. The van der Waals surface area contributed by atoms with Gasteiger partial charge in [0.05, 0.1) is 17.7 Å². The van der Waals surface area contributed by atoms with Crippen LogP contribution >= 0.6 is 0 Å². The zero-order valence-corrected chi connectivity index (χ0v) is 9.75. The second-order valence-corrected chi connectivity index (χ2v) is 3.85. The fourth-order valence-electron chi connectivity index (χ4n) is 1.18. The van der Waals surface area contributed by atoms with Crippen molar-refractivity contribution in [3.8, 4) is 6.07 Å². The molecule has 1 aromatic rings. The Labute approximate surface area is 99.4 Å². The predicted octanol–water partition coefficient (Wildman–Crippen LogP) is 2.42. The van der Waals surface area contributed by atoms with E-state index in [2.05, 4.69) is 10.6 Å². The molecule has 1 aromatic carbocycles. The lowest BCUT2D eigenvalue weighted by Gasteiger charge is -2.09. The van der Waals surface area contributed by atoms with Crippen molar-refractivity contribution in [2.24, 2.45) is 5.92 Å². The van der Waals surface area contributed by atoms with Crippen molar-refractivity contribution in [2.45, 2.75) is 13.8 Å². The first-order valence-electron chi connectivity index (χ1n) is 5.23. The molecule has 0 spiro atoms. The van der Waals surface area contributed by atoms with Crippen LogP contribution in [0.4, 0.5) is 14.9 Å². The number of carbonyl (C=O) groups excluding carboxylic acids is 1. The number of halogens is 1. The molecule has 4 nitrogen and oxygen atoms in total. The van der Waals surface area contributed by atoms with Gasteiger partial charge in [0.1, 0.15) is 5.82 Å². The number of benzene rings is 1. The largest absolute Gasteiger partial charge is 0.337 e. The van der Waals surface area contributed by atoms with E-state index >= 15 is 0 Å². The number of aryl methyl sites for hydroxylation is 1. The fraction of sp³-hybridized carbons (Fsp3) is 0.333. The Balaban J connectivity index is 2.54. The molecule has 2 amide bonds. The molecule has 1 rings (SSSR count). The van der Waals surface area contributed by atoms with Gasteiger partial charge in [-0.1, -0.05) is 6.07 Å². The lowest BCUT2D eigenvalue weighted by Crippen LogP contribution is -2.32. The van der Waals surface area contributed by atoms with Gasteiger partial charge >= 0.3 is 6.03 Å². The Morgan fingerprint density at radius 1 is 1.59 bits per heavy atom. The van der Waals surface area contributed by atoms with Crippen molar-refractivity contribution in [3.63, 3.8) is 0 Å². The molecule has 0 heterocycles. The van der Waals surface area contributed by atoms with Gasteiger partial charge in [-0.05, 0) is 31.5 Å². The number of carbonyl (C=O) groups is 1. The molecule has 0 saturated carbocycles. The molecule has 0 aliphatic rings. The Kier molecular flexibility index (Phi) is 4.46. The molecule has 0 unspecified atom stereocenters. The van der Waals surface area contributed by atoms with E-state index in [9.17, 15) is 9.18 Å². The van der Waals surface area contributed by atoms with Crippen LogP contribution in [0.2, 0.25) is 0 Å². The molecule has 1 atom stereocenters. The summed E-state index contributed by atoms with van der Waals surface area (Å²) in [5.41, 5.74) is 0.907. The number of rotatable bonds is 3. The summed E-state index contributed by atoms with van der Waals surface area (Å²) in [6, 6.07) is 6.01. The number of hydrogen-bond acceptors (Lipinski definition) is 2. The van der Waals surface area contributed by atoms with Crippen LogP contribution in [0.15, 0.2) is 18.2 Å². The molecule has 0 saturated heterocycles. The summed E-state index contributed by atoms with van der Waals surface area (Å²) < 4.78 is 13.4. The van der Waals surface area contributed by atoms with Crippen molar-refractivity contribution >= 4 is 11.7 Å². The van der Waals surface area contributed by atoms with E-state index in [-0.39, 0.29) is 18.2 Å². The highest BCUT2D eigenvalue weighted by Crippen LogP contribution is 2.14. The number of anilines is 1. The Morgan fingerprint density at radius 3 is 2.88 bits per heavy atom. The summed E-state index contributed by atoms with van der Waals surface area (Å²) in [6.45, 7) is 3.68. The second-order valence-electron chi connectivity index (χ2n) is 3.85. The van der Waals surface area contributed by atoms with Gasteiger partial charge in [-0.15, -0.1) is 0 Å². The van der Waals surface area contributed by atoms with Crippen molar-refractivity contribution < 1.29 is 9.18 Å². The Hall–Kier alpha value is -2.09. The van der Waals surface area contributed by atoms with Gasteiger partial charge in [-0.3, -0.25) is 0 Å². The molecule has 17 heavy (non-hydrogen) atoms. The minimum absolute atomic E-state index is 0.123. The molecule has 0 bridgehead atoms. The Morgan fingerprint density at radius 2 is 2.29 bits per heavy atom. The molecule has 0 radical (unpaired) electrons. The number of nitrogens with zero attached hydrogens (tertiary/aromatic N) is 1. The number of urea groups is 1. The molecular formula is C12H14FN3O. The molecule has 0 aliphatic heterocycles. The van der Waals surface area contributed by atoms with Gasteiger partial charge in [0.25, 0.3) is 0 Å². The van der Waals surface area contributed by atoms with Gasteiger partial charge in [0.2, 0.25) is 0 Å². The average molecular weight is 235 g/mol. The van der Waals surface area contributed by atoms with Crippen LogP contribution in [-0.4, -0.2) is 12.6 Å². The van der Waals surface area contributed by atoms with E-state index in [1.165, 1.54) is 12.1 Å². The predicted molar refractivity (Wildman–Crippen MR) is 62.9 cm³/mol. The maximum absolute atomic E-state index is 13.4. The molecule has 0 fully saturated rings. The Bertz CT molecular complexity index is 454. The highest BCUT2D eigenvalue weighted by atomic mass is 19.1. The van der Waals surface area contributed by atoms with Crippen LogP contribution < -0.4 is 10.6 Å². The highest BCUT2D eigenvalue weighted by molar-refractivity contribution is 5.89. The monoisotopic (exact) mass is 235 g/mol. The summed E-state index contributed by atoms with van der Waals surface area (Å²) in [4.78, 5) is 11.4. The second kappa shape index (κ2) is 5.85. The zero-order chi connectivity index (χ0) is 12.8. The zero-order valence-electron chi connectivity index (χ0n) is 9.75. The van der Waals surface area contributed by atoms with Crippen LogP contribution in [0.5, 0.6) is 0 Å². The minimum atomic E-state index is -0.519. The van der Waals surface area contributed by atoms with E-state index in [1.54, 1.807) is 19.9 Å². The fourth-order valence-corrected chi connectivity index (χ4v) is 1.18. The van der Waals surface area contributed by atoms with E-state index in [4.69, 9.17) is 5.26 Å². The SMILES string of the molecule is Cc1ccc(NC(=O)NC[C@H](C)C#N)c(F)c1. The standard InChI is InChI=1S/C12H14FN3O/c1-8-3-4-11(10(13)5-8)16-12(17)15-7-9(2)6-14/h3-5,9H,7H2,1-2H3,(H2,15,16,17)/t9-/m1/s1. The maximum atomic E-state index is 13.4. The third-order valence-corrected chi connectivity index (χ3v) is 2.16. The lowest BCUT2D eigenvalue weighted by atomic mass is 10.2. The number of hydrogen-bond donors (Lipinski definition) is 2. The van der Waals surface area contributed by atoms with Crippen LogP contribution in [0.25, 0.3) is 0 Å². The smallest absolute Gasteiger partial charge is 0.319 e. The van der Waals surface area contributed by atoms with E-state index < -0.39 is 11.8 Å². The van der Waals surface area contributed by atoms with Crippen LogP contribution in [0.3, 0.4) is 0 Å². The number of nitrogens with one attached hydrogen (secondary N) is 2. The topological polar surface area (TPSA) is 64.9 Å². The van der Waals surface area contributed by atoms with Crippen molar-refractivity contribution in [1.29, 1.82) is 5.26 Å². The first-order chi connectivity index (χ1) is 8.02. The normalized spacial score (nSPS) is 11.4. The summed E-state index contributed by atoms with van der Waals surface area (Å²) in [6.07, 6.45) is 0. The molecule has 2 N–H and O–H groups in total. The summed E-state index contributed by atoms with van der Waals surface area (Å²) in [5.74, 6) is -0.753. The van der Waals surface area contributed by atoms with Gasteiger partial charge < -0.3 is 10.6 Å². The molecule has 0 aliphatic carbocycles.